The highest BCUT2D eigenvalue weighted by molar-refractivity contribution is 8.26. The molecule has 1 N–H and O–H groups in total. The Hall–Kier alpha value is -0.840. The zero-order chi connectivity index (χ0) is 13.7. The number of rotatable bonds is 2. The van der Waals surface area contributed by atoms with Gasteiger partial charge in [-0.1, -0.05) is 5.16 Å². The summed E-state index contributed by atoms with van der Waals surface area (Å²) in [6.07, 6.45) is 1.69. The summed E-state index contributed by atoms with van der Waals surface area (Å²) in [5.41, 5.74) is 1.86. The molecule has 0 radical (unpaired) electrons. The molecule has 0 aromatic rings. The Kier molecular flexibility index (Phi) is 5.88. The van der Waals surface area contributed by atoms with Gasteiger partial charge in [-0.2, -0.15) is 0 Å². The summed E-state index contributed by atoms with van der Waals surface area (Å²) >= 11 is 0. The van der Waals surface area contributed by atoms with Gasteiger partial charge in [0.2, 0.25) is 5.17 Å². The SMILES string of the molecule is CS(=C=O)C(=NOC(C)(C)C)NOC(C)(C)C. The van der Waals surface area contributed by atoms with Crippen molar-refractivity contribution in [2.75, 3.05) is 6.26 Å². The van der Waals surface area contributed by atoms with Gasteiger partial charge >= 0.3 is 0 Å². The van der Waals surface area contributed by atoms with Gasteiger partial charge in [0.1, 0.15) is 5.60 Å². The fraction of sp³-hybridized carbons (Fsp3) is 0.818. The first kappa shape index (κ1) is 16.2. The second-order valence-electron chi connectivity index (χ2n) is 5.51. The van der Waals surface area contributed by atoms with Gasteiger partial charge in [-0.15, -0.1) is 0 Å². The number of nitrogens with one attached hydrogen (secondary N) is 1. The minimum Gasteiger partial charge on any atom is -0.388 e. The summed E-state index contributed by atoms with van der Waals surface area (Å²) < 4.78 is 0. The summed E-state index contributed by atoms with van der Waals surface area (Å²) in [4.78, 5) is 21.3. The average Bonchev–Trinajstić information content (AvgIpc) is 2.13. The van der Waals surface area contributed by atoms with Crippen molar-refractivity contribution in [3.8, 4) is 0 Å². The van der Waals surface area contributed by atoms with E-state index in [1.807, 2.05) is 46.8 Å². The minimum absolute atomic E-state index is 0.338. The van der Waals surface area contributed by atoms with Crippen LogP contribution in [-0.4, -0.2) is 27.9 Å². The molecule has 0 fully saturated rings. The molecular weight excluding hydrogens is 240 g/mol. The van der Waals surface area contributed by atoms with Gasteiger partial charge in [-0.3, -0.25) is 4.84 Å². The van der Waals surface area contributed by atoms with Crippen LogP contribution in [0.25, 0.3) is 0 Å². The Morgan fingerprint density at radius 3 is 2.06 bits per heavy atom. The van der Waals surface area contributed by atoms with Crippen molar-refractivity contribution < 1.29 is 14.5 Å². The van der Waals surface area contributed by atoms with Gasteiger partial charge in [-0.25, -0.2) is 10.3 Å². The van der Waals surface area contributed by atoms with Crippen LogP contribution in [-0.2, 0) is 14.5 Å². The smallest absolute Gasteiger partial charge is 0.228 e. The molecule has 1 unspecified atom stereocenters. The van der Waals surface area contributed by atoms with E-state index in [-0.39, 0.29) is 5.60 Å². The summed E-state index contributed by atoms with van der Waals surface area (Å²) in [5, 5.41) is 6.10. The number of hydroxylamine groups is 1. The van der Waals surface area contributed by atoms with Crippen molar-refractivity contribution in [3.05, 3.63) is 0 Å². The first-order valence-electron chi connectivity index (χ1n) is 5.29. The Balaban J connectivity index is 4.73. The van der Waals surface area contributed by atoms with E-state index < -0.39 is 16.1 Å². The highest BCUT2D eigenvalue weighted by Gasteiger charge is 2.15. The minimum atomic E-state index is -0.801. The zero-order valence-electron chi connectivity index (χ0n) is 11.6. The molecule has 0 aliphatic carbocycles. The highest BCUT2D eigenvalue weighted by atomic mass is 32.2. The maximum absolute atomic E-state index is 10.7. The second kappa shape index (κ2) is 6.19. The van der Waals surface area contributed by atoms with Crippen LogP contribution in [0.5, 0.6) is 0 Å². The fourth-order valence-electron chi connectivity index (χ4n) is 0.552. The van der Waals surface area contributed by atoms with Crippen molar-refractivity contribution in [1.82, 2.24) is 5.48 Å². The van der Waals surface area contributed by atoms with Gasteiger partial charge in [0.05, 0.1) is 5.60 Å². The van der Waals surface area contributed by atoms with Crippen LogP contribution in [0.2, 0.25) is 0 Å². The molecule has 6 heteroatoms. The molecule has 1 atom stereocenters. The number of nitrogens with zero attached hydrogens (tertiary/aromatic N) is 1. The van der Waals surface area contributed by atoms with E-state index in [4.69, 9.17) is 9.68 Å². The third-order valence-electron chi connectivity index (χ3n) is 1.26. The third kappa shape index (κ3) is 8.92. The molecule has 0 aliphatic rings. The van der Waals surface area contributed by atoms with Crippen molar-refractivity contribution in [1.29, 1.82) is 0 Å². The van der Waals surface area contributed by atoms with E-state index in [9.17, 15) is 4.79 Å². The normalized spacial score (nSPS) is 15.1. The van der Waals surface area contributed by atoms with E-state index in [1.54, 1.807) is 6.26 Å². The summed E-state index contributed by atoms with van der Waals surface area (Å²) in [6, 6.07) is 0. The monoisotopic (exact) mass is 262 g/mol. The Bertz CT molecular complexity index is 334. The first-order chi connectivity index (χ1) is 7.55. The molecule has 17 heavy (non-hydrogen) atoms. The molecule has 0 aromatic heterocycles. The van der Waals surface area contributed by atoms with Crippen LogP contribution in [0.3, 0.4) is 0 Å². The molecule has 0 aromatic carbocycles. The number of hydrogen-bond acceptors (Lipinski definition) is 4. The maximum atomic E-state index is 10.7. The lowest BCUT2D eigenvalue weighted by atomic mass is 10.2. The van der Waals surface area contributed by atoms with Crippen LogP contribution in [0, 0.1) is 0 Å². The lowest BCUT2D eigenvalue weighted by Gasteiger charge is -2.21. The lowest BCUT2D eigenvalue weighted by Crippen LogP contribution is -2.33. The largest absolute Gasteiger partial charge is 0.388 e. The maximum Gasteiger partial charge on any atom is 0.228 e. The summed E-state index contributed by atoms with van der Waals surface area (Å²) in [6.45, 7) is 11.3. The molecule has 0 rings (SSSR count). The molecule has 0 spiro atoms. The van der Waals surface area contributed by atoms with E-state index in [0.717, 1.165) is 0 Å². The van der Waals surface area contributed by atoms with Gasteiger partial charge in [0.25, 0.3) is 0 Å². The Labute approximate surface area is 105 Å². The molecule has 100 valence electrons. The molecule has 0 amide bonds. The Morgan fingerprint density at radius 1 is 1.18 bits per heavy atom. The fourth-order valence-corrected chi connectivity index (χ4v) is 0.946. The molecule has 0 saturated carbocycles. The average molecular weight is 262 g/mol. The van der Waals surface area contributed by atoms with Gasteiger partial charge in [0, 0.05) is 0 Å². The number of oxime groups is 1. The van der Waals surface area contributed by atoms with E-state index in [2.05, 4.69) is 10.6 Å². The number of carbonyl (C=O) groups excluding carboxylic acids is 1. The van der Waals surface area contributed by atoms with Crippen LogP contribution in [0.1, 0.15) is 41.5 Å². The molecule has 0 heterocycles. The van der Waals surface area contributed by atoms with E-state index in [0.29, 0.717) is 5.17 Å². The third-order valence-corrected chi connectivity index (χ3v) is 2.25. The topological polar surface area (TPSA) is 59.9 Å². The van der Waals surface area contributed by atoms with Gasteiger partial charge in [0.15, 0.2) is 5.23 Å². The Morgan fingerprint density at radius 2 is 1.71 bits per heavy atom. The van der Waals surface area contributed by atoms with Crippen molar-refractivity contribution >= 4 is 20.9 Å². The predicted octanol–water partition coefficient (Wildman–Crippen LogP) is 2.36. The van der Waals surface area contributed by atoms with Crippen LogP contribution in [0.15, 0.2) is 5.16 Å². The van der Waals surface area contributed by atoms with Gasteiger partial charge < -0.3 is 4.84 Å². The number of amidine groups is 1. The quantitative estimate of drug-likeness (QED) is 0.359. The molecule has 0 saturated heterocycles. The molecule has 5 nitrogen and oxygen atoms in total. The van der Waals surface area contributed by atoms with Crippen molar-refractivity contribution in [2.45, 2.75) is 52.7 Å². The molecular formula is C11H22N2O3S. The van der Waals surface area contributed by atoms with Crippen molar-refractivity contribution in [2.24, 2.45) is 5.16 Å². The second-order valence-corrected chi connectivity index (χ2v) is 7.08. The van der Waals surface area contributed by atoms with Crippen LogP contribution < -0.4 is 5.48 Å². The standard InChI is InChI=1S/C11H22N2O3S/c1-10(2,3)15-12-9(17(7)8-14)13-16-11(4,5)6/h1-7H3,(H,12,13). The van der Waals surface area contributed by atoms with Crippen molar-refractivity contribution in [3.63, 3.8) is 0 Å². The summed E-state index contributed by atoms with van der Waals surface area (Å²) in [5.74, 6) is 0. The van der Waals surface area contributed by atoms with Crippen LogP contribution in [0.4, 0.5) is 0 Å². The van der Waals surface area contributed by atoms with Crippen LogP contribution >= 0.6 is 10.5 Å². The lowest BCUT2D eigenvalue weighted by molar-refractivity contribution is -0.0464. The first-order valence-corrected chi connectivity index (χ1v) is 6.92. The van der Waals surface area contributed by atoms with Gasteiger partial charge in [-0.05, 0) is 58.3 Å². The summed E-state index contributed by atoms with van der Waals surface area (Å²) in [7, 11) is -0.801. The van der Waals surface area contributed by atoms with E-state index >= 15 is 0 Å². The predicted molar refractivity (Wildman–Crippen MR) is 71.5 cm³/mol. The highest BCUT2D eigenvalue weighted by Crippen LogP contribution is 2.13. The zero-order valence-corrected chi connectivity index (χ0v) is 12.4. The van der Waals surface area contributed by atoms with E-state index in [1.165, 1.54) is 0 Å². The molecule has 0 aliphatic heterocycles. The number of hydrogen-bond donors (Lipinski definition) is 1. The molecule has 0 bridgehead atoms.